The SMILES string of the molecule is C[N+](=O)[O-].c1ccc2ccccc2c1. The van der Waals surface area contributed by atoms with Gasteiger partial charge in [-0.1, -0.05) is 48.5 Å². The number of fused-ring (bicyclic) bond motifs is 1. The van der Waals surface area contributed by atoms with Crippen LogP contribution in [0.25, 0.3) is 10.8 Å². The number of hydrogen-bond acceptors (Lipinski definition) is 2. The summed E-state index contributed by atoms with van der Waals surface area (Å²) >= 11 is 0. The van der Waals surface area contributed by atoms with Crippen LogP contribution in [0.4, 0.5) is 0 Å². The monoisotopic (exact) mass is 189 g/mol. The van der Waals surface area contributed by atoms with Crippen molar-refractivity contribution in [2.45, 2.75) is 0 Å². The lowest BCUT2D eigenvalue weighted by atomic mass is 10.1. The Hall–Kier alpha value is -1.90. The molecule has 0 atom stereocenters. The fourth-order valence-corrected chi connectivity index (χ4v) is 1.13. The molecule has 0 spiro atoms. The quantitative estimate of drug-likeness (QED) is 0.472. The van der Waals surface area contributed by atoms with Crippen LogP contribution in [-0.2, 0) is 0 Å². The minimum Gasteiger partial charge on any atom is -0.265 e. The second-order valence-corrected chi connectivity index (χ2v) is 2.79. The molecule has 0 heterocycles. The Labute approximate surface area is 82.1 Å². The first kappa shape index (κ1) is 10.2. The van der Waals surface area contributed by atoms with E-state index in [1.165, 1.54) is 10.8 Å². The molecule has 0 radical (unpaired) electrons. The van der Waals surface area contributed by atoms with Gasteiger partial charge in [-0.2, -0.15) is 0 Å². The van der Waals surface area contributed by atoms with E-state index >= 15 is 0 Å². The molecule has 0 N–H and O–H groups in total. The molecule has 0 aliphatic heterocycles. The molecule has 72 valence electrons. The first-order valence-corrected chi connectivity index (χ1v) is 4.22. The van der Waals surface area contributed by atoms with E-state index in [1.807, 2.05) is 0 Å². The molecule has 3 heteroatoms. The number of nitrogens with zero attached hydrogens (tertiary/aromatic N) is 1. The van der Waals surface area contributed by atoms with E-state index in [1.54, 1.807) is 0 Å². The van der Waals surface area contributed by atoms with Crippen LogP contribution in [-0.4, -0.2) is 12.0 Å². The van der Waals surface area contributed by atoms with E-state index in [4.69, 9.17) is 10.1 Å². The Morgan fingerprint density at radius 1 is 0.929 bits per heavy atom. The fraction of sp³-hybridized carbons (Fsp3) is 0.0909. The molecule has 0 amide bonds. The van der Waals surface area contributed by atoms with E-state index in [0.29, 0.717) is 0 Å². The van der Waals surface area contributed by atoms with Gasteiger partial charge in [0, 0.05) is 4.92 Å². The fourth-order valence-electron chi connectivity index (χ4n) is 1.13. The largest absolute Gasteiger partial charge is 0.265 e. The average molecular weight is 189 g/mol. The summed E-state index contributed by atoms with van der Waals surface area (Å²) in [5.74, 6) is 0. The van der Waals surface area contributed by atoms with Crippen LogP contribution in [0, 0.1) is 10.1 Å². The Morgan fingerprint density at radius 3 is 1.36 bits per heavy atom. The van der Waals surface area contributed by atoms with Gasteiger partial charge in [0.15, 0.2) is 7.05 Å². The second-order valence-electron chi connectivity index (χ2n) is 2.79. The van der Waals surface area contributed by atoms with Gasteiger partial charge in [-0.05, 0) is 10.8 Å². The molecular weight excluding hydrogens is 178 g/mol. The summed E-state index contributed by atoms with van der Waals surface area (Å²) in [4.78, 5) is 8.31. The van der Waals surface area contributed by atoms with E-state index in [2.05, 4.69) is 48.5 Å². The summed E-state index contributed by atoms with van der Waals surface area (Å²) in [5.41, 5.74) is 0. The normalized spacial score (nSPS) is 8.93. The third-order valence-corrected chi connectivity index (χ3v) is 1.66. The molecule has 3 nitrogen and oxygen atoms in total. The van der Waals surface area contributed by atoms with E-state index in [-0.39, 0.29) is 0 Å². The summed E-state index contributed by atoms with van der Waals surface area (Å²) in [5, 5.41) is 11.4. The molecule has 14 heavy (non-hydrogen) atoms. The molecule has 0 saturated heterocycles. The molecule has 0 saturated carbocycles. The van der Waals surface area contributed by atoms with Gasteiger partial charge in [0.1, 0.15) is 0 Å². The smallest absolute Gasteiger partial charge is 0.194 e. The van der Waals surface area contributed by atoms with Crippen LogP contribution in [0.15, 0.2) is 48.5 Å². The zero-order valence-electron chi connectivity index (χ0n) is 7.88. The zero-order chi connectivity index (χ0) is 10.4. The first-order valence-electron chi connectivity index (χ1n) is 4.22. The van der Waals surface area contributed by atoms with Crippen molar-refractivity contribution in [2.24, 2.45) is 0 Å². The van der Waals surface area contributed by atoms with Gasteiger partial charge in [0.05, 0.1) is 0 Å². The van der Waals surface area contributed by atoms with Crippen molar-refractivity contribution in [3.05, 3.63) is 58.6 Å². The van der Waals surface area contributed by atoms with Gasteiger partial charge >= 0.3 is 0 Å². The third-order valence-electron chi connectivity index (χ3n) is 1.66. The van der Waals surface area contributed by atoms with Gasteiger partial charge in [0.2, 0.25) is 0 Å². The summed E-state index contributed by atoms with van der Waals surface area (Å²) in [6.45, 7) is 0. The van der Waals surface area contributed by atoms with Gasteiger partial charge in [-0.25, -0.2) is 0 Å². The van der Waals surface area contributed by atoms with Crippen molar-refractivity contribution >= 4 is 10.8 Å². The van der Waals surface area contributed by atoms with Crippen molar-refractivity contribution in [1.82, 2.24) is 0 Å². The lowest BCUT2D eigenvalue weighted by Gasteiger charge is -1.92. The molecule has 0 bridgehead atoms. The van der Waals surface area contributed by atoms with Crippen molar-refractivity contribution in [1.29, 1.82) is 0 Å². The van der Waals surface area contributed by atoms with Gasteiger partial charge < -0.3 is 0 Å². The lowest BCUT2D eigenvalue weighted by molar-refractivity contribution is -0.445. The average Bonchev–Trinajstić information content (AvgIpc) is 2.17. The Morgan fingerprint density at radius 2 is 1.14 bits per heavy atom. The van der Waals surface area contributed by atoms with Gasteiger partial charge in [0.25, 0.3) is 0 Å². The number of benzene rings is 2. The maximum absolute atomic E-state index is 8.81. The van der Waals surface area contributed by atoms with Crippen molar-refractivity contribution < 1.29 is 4.92 Å². The van der Waals surface area contributed by atoms with Crippen molar-refractivity contribution in [3.8, 4) is 0 Å². The highest BCUT2D eigenvalue weighted by Crippen LogP contribution is 2.11. The zero-order valence-corrected chi connectivity index (χ0v) is 7.88. The van der Waals surface area contributed by atoms with E-state index in [0.717, 1.165) is 7.05 Å². The second kappa shape index (κ2) is 4.97. The minimum atomic E-state index is -0.500. The third kappa shape index (κ3) is 3.23. The highest BCUT2D eigenvalue weighted by molar-refractivity contribution is 5.81. The number of rotatable bonds is 0. The van der Waals surface area contributed by atoms with Crippen molar-refractivity contribution in [2.75, 3.05) is 7.05 Å². The van der Waals surface area contributed by atoms with E-state index < -0.39 is 4.92 Å². The molecule has 0 unspecified atom stereocenters. The Balaban J connectivity index is 0.000000213. The molecule has 0 aliphatic carbocycles. The van der Waals surface area contributed by atoms with Crippen LogP contribution in [0.5, 0.6) is 0 Å². The first-order chi connectivity index (χ1) is 6.70. The predicted octanol–water partition coefficient (Wildman–Crippen LogP) is 2.73. The Bertz CT molecular complexity index is 357. The standard InChI is InChI=1S/C10H8.CH3NO2/c1-2-6-10-8-4-3-7-9(10)5-1;1-2(3)4/h1-8H;1H3. The summed E-state index contributed by atoms with van der Waals surface area (Å²) in [6.07, 6.45) is 0. The maximum Gasteiger partial charge on any atom is 0.194 e. The molecular formula is C11H11NO2. The summed E-state index contributed by atoms with van der Waals surface area (Å²) in [6, 6.07) is 16.7. The van der Waals surface area contributed by atoms with Crippen LogP contribution in [0.1, 0.15) is 0 Å². The van der Waals surface area contributed by atoms with Gasteiger partial charge in [-0.15, -0.1) is 0 Å². The highest BCUT2D eigenvalue weighted by Gasteiger charge is 1.85. The van der Waals surface area contributed by atoms with Crippen LogP contribution < -0.4 is 0 Å². The molecule has 2 aromatic carbocycles. The predicted molar refractivity (Wildman–Crippen MR) is 56.9 cm³/mol. The topological polar surface area (TPSA) is 43.1 Å². The molecule has 2 aromatic rings. The molecule has 2 rings (SSSR count). The van der Waals surface area contributed by atoms with Crippen molar-refractivity contribution in [3.63, 3.8) is 0 Å². The van der Waals surface area contributed by atoms with Gasteiger partial charge in [-0.3, -0.25) is 10.1 Å². The molecule has 0 fully saturated rings. The van der Waals surface area contributed by atoms with Crippen LogP contribution >= 0.6 is 0 Å². The number of hydrogen-bond donors (Lipinski definition) is 0. The highest BCUT2D eigenvalue weighted by atomic mass is 16.6. The van der Waals surface area contributed by atoms with Crippen LogP contribution in [0.3, 0.4) is 0 Å². The molecule has 0 aliphatic rings. The lowest BCUT2D eigenvalue weighted by Crippen LogP contribution is -1.79. The number of nitro groups is 1. The minimum absolute atomic E-state index is 0.500. The van der Waals surface area contributed by atoms with Crippen LogP contribution in [0.2, 0.25) is 0 Å². The maximum atomic E-state index is 8.81. The van der Waals surface area contributed by atoms with E-state index in [9.17, 15) is 0 Å². The summed E-state index contributed by atoms with van der Waals surface area (Å²) < 4.78 is 0. The summed E-state index contributed by atoms with van der Waals surface area (Å²) in [7, 11) is 0.889. The Kier molecular flexibility index (Phi) is 3.61. The molecule has 0 aromatic heterocycles.